The summed E-state index contributed by atoms with van der Waals surface area (Å²) in [4.78, 5) is 24.6. The van der Waals surface area contributed by atoms with Gasteiger partial charge in [-0.15, -0.1) is 0 Å². The molecule has 0 bridgehead atoms. The van der Waals surface area contributed by atoms with Crippen LogP contribution in [0.15, 0.2) is 170 Å². The summed E-state index contributed by atoms with van der Waals surface area (Å²) >= 11 is 0. The van der Waals surface area contributed by atoms with E-state index in [-0.39, 0.29) is 25.2 Å². The van der Waals surface area contributed by atoms with Gasteiger partial charge in [0.1, 0.15) is 6.61 Å². The molecule has 84 heavy (non-hydrogen) atoms. The van der Waals surface area contributed by atoms with Gasteiger partial charge in [0.05, 0.1) is 6.61 Å². The van der Waals surface area contributed by atoms with E-state index in [1.165, 1.54) is 128 Å². The van der Waals surface area contributed by atoms with Gasteiger partial charge in [-0.3, -0.25) is 9.59 Å². The SMILES string of the molecule is CC/C=C\C/C=C\C/C=C\C/C=C\C/C=C\C/C=C\C/C=C\C/C=C\C/C=C\C/C=C\CCCCCCC(=O)OC(CO)COC(=O)CCCCCCCCCCCCCCCCCCCCCCCC/C=C\C/C=C\C/C=C\C/C=C\CC. The van der Waals surface area contributed by atoms with Crippen LogP contribution in [0.5, 0.6) is 0 Å². The number of rotatable bonds is 62. The summed E-state index contributed by atoms with van der Waals surface area (Å²) in [6.07, 6.45) is 112. The number of carbonyl (C=O) groups excluding carboxylic acids is 2. The molecule has 0 aromatic heterocycles. The Kier molecular flexibility index (Phi) is 68.4. The van der Waals surface area contributed by atoms with Crippen LogP contribution in [0, 0.1) is 0 Å². The van der Waals surface area contributed by atoms with Crippen molar-refractivity contribution in [2.24, 2.45) is 0 Å². The van der Waals surface area contributed by atoms with E-state index in [1.54, 1.807) is 0 Å². The Morgan fingerprint density at radius 1 is 0.274 bits per heavy atom. The molecule has 0 radical (unpaired) electrons. The minimum absolute atomic E-state index is 0.0837. The molecule has 1 unspecified atom stereocenters. The predicted molar refractivity (Wildman–Crippen MR) is 370 cm³/mol. The number of ether oxygens (including phenoxy) is 2. The van der Waals surface area contributed by atoms with E-state index in [0.29, 0.717) is 12.8 Å². The first-order chi connectivity index (χ1) is 41.6. The number of hydrogen-bond donors (Lipinski definition) is 1. The number of esters is 2. The van der Waals surface area contributed by atoms with Crippen LogP contribution < -0.4 is 0 Å². The van der Waals surface area contributed by atoms with Crippen LogP contribution in [0.1, 0.15) is 296 Å². The molecular formula is C79H128O5. The van der Waals surface area contributed by atoms with Crippen molar-refractivity contribution in [3.05, 3.63) is 170 Å². The maximum atomic E-state index is 12.4. The molecule has 474 valence electrons. The van der Waals surface area contributed by atoms with Gasteiger partial charge < -0.3 is 14.6 Å². The lowest BCUT2D eigenvalue weighted by molar-refractivity contribution is -0.161. The predicted octanol–water partition coefficient (Wildman–Crippen LogP) is 24.4. The van der Waals surface area contributed by atoms with Crippen LogP contribution in [0.4, 0.5) is 0 Å². The zero-order valence-corrected chi connectivity index (χ0v) is 54.4. The molecule has 0 aromatic carbocycles. The molecule has 0 fully saturated rings. The number of unbranched alkanes of at least 4 members (excludes halogenated alkanes) is 26. The van der Waals surface area contributed by atoms with Crippen molar-refractivity contribution >= 4 is 11.9 Å². The first-order valence-electron chi connectivity index (χ1n) is 34.7. The fraction of sp³-hybridized carbons (Fsp3) is 0.620. The zero-order valence-electron chi connectivity index (χ0n) is 54.4. The van der Waals surface area contributed by atoms with Crippen molar-refractivity contribution in [3.8, 4) is 0 Å². The topological polar surface area (TPSA) is 72.8 Å². The molecule has 0 aliphatic heterocycles. The smallest absolute Gasteiger partial charge is 0.306 e. The average molecular weight is 1160 g/mol. The lowest BCUT2D eigenvalue weighted by atomic mass is 10.0. The number of aliphatic hydroxyl groups is 1. The summed E-state index contributed by atoms with van der Waals surface area (Å²) in [6, 6.07) is 0. The van der Waals surface area contributed by atoms with Crippen LogP contribution in [-0.2, 0) is 19.1 Å². The molecule has 0 heterocycles. The third-order valence-corrected chi connectivity index (χ3v) is 14.5. The number of aliphatic hydroxyl groups excluding tert-OH is 1. The summed E-state index contributed by atoms with van der Waals surface area (Å²) in [7, 11) is 0. The largest absolute Gasteiger partial charge is 0.462 e. The first-order valence-corrected chi connectivity index (χ1v) is 34.7. The molecule has 1 N–H and O–H groups in total. The Labute approximate surface area is 519 Å². The van der Waals surface area contributed by atoms with Crippen LogP contribution in [-0.4, -0.2) is 36.4 Å². The summed E-state index contributed by atoms with van der Waals surface area (Å²) in [6.45, 7) is 3.91. The fourth-order valence-corrected chi connectivity index (χ4v) is 9.40. The standard InChI is InChI=1S/C79H128O5/c1-3-5-7-9-11-13-15-17-19-21-23-25-27-29-31-33-35-37-39-41-43-45-47-49-51-53-55-57-59-61-63-65-67-69-71-73-78(81)83-76-77(75-80)84-79(82)74-72-70-68-66-64-62-60-58-56-54-52-50-48-46-44-42-40-38-36-34-32-30-28-26-24-22-20-18-16-14-12-10-8-6-4-2/h5-8,11-14,17-20,23-26,30,32,36,38,42,44,48,50,54,56,60,62,77,80H,3-4,9-10,15-16,21-22,27-29,31,33-35,37,39-41,43,45-47,49,51-53,55,57-59,61,63-76H2,1-2H3/b7-5-,8-6-,13-11-,14-12-,19-17-,20-18-,25-23-,26-24-,32-30-,38-36-,44-42-,50-48-,56-54-,62-60-. The van der Waals surface area contributed by atoms with Crippen LogP contribution in [0.3, 0.4) is 0 Å². The van der Waals surface area contributed by atoms with E-state index in [2.05, 4.69) is 184 Å². The van der Waals surface area contributed by atoms with Crippen molar-refractivity contribution < 1.29 is 24.2 Å². The van der Waals surface area contributed by atoms with Crippen LogP contribution in [0.2, 0.25) is 0 Å². The lowest BCUT2D eigenvalue weighted by Gasteiger charge is -2.15. The molecule has 5 nitrogen and oxygen atoms in total. The molecule has 0 spiro atoms. The van der Waals surface area contributed by atoms with E-state index < -0.39 is 6.10 Å². The number of allylic oxidation sites excluding steroid dienone is 28. The highest BCUT2D eigenvalue weighted by molar-refractivity contribution is 5.70. The molecule has 0 saturated heterocycles. The minimum Gasteiger partial charge on any atom is -0.462 e. The highest BCUT2D eigenvalue weighted by Crippen LogP contribution is 2.17. The molecule has 0 amide bonds. The maximum absolute atomic E-state index is 12.4. The van der Waals surface area contributed by atoms with Gasteiger partial charge in [-0.1, -0.05) is 325 Å². The highest BCUT2D eigenvalue weighted by Gasteiger charge is 2.16. The quantitative estimate of drug-likeness (QED) is 0.0373. The molecule has 0 aliphatic carbocycles. The van der Waals surface area contributed by atoms with Crippen molar-refractivity contribution in [1.29, 1.82) is 0 Å². The van der Waals surface area contributed by atoms with Gasteiger partial charge in [0.15, 0.2) is 6.10 Å². The number of carbonyl (C=O) groups is 2. The molecule has 0 saturated carbocycles. The molecular weight excluding hydrogens is 1030 g/mol. The molecule has 0 rings (SSSR count). The zero-order chi connectivity index (χ0) is 60.5. The monoisotopic (exact) mass is 1160 g/mol. The van der Waals surface area contributed by atoms with E-state index in [0.717, 1.165) is 141 Å². The second-order valence-corrected chi connectivity index (χ2v) is 22.5. The summed E-state index contributed by atoms with van der Waals surface area (Å²) < 4.78 is 10.7. The van der Waals surface area contributed by atoms with E-state index >= 15 is 0 Å². The van der Waals surface area contributed by atoms with Gasteiger partial charge in [0, 0.05) is 12.8 Å². The Bertz CT molecular complexity index is 1840. The van der Waals surface area contributed by atoms with E-state index in [9.17, 15) is 14.7 Å². The fourth-order valence-electron chi connectivity index (χ4n) is 9.40. The second kappa shape index (κ2) is 72.5. The Hall–Kier alpha value is -4.74. The van der Waals surface area contributed by atoms with Crippen molar-refractivity contribution in [3.63, 3.8) is 0 Å². The van der Waals surface area contributed by atoms with Gasteiger partial charge in [0.2, 0.25) is 0 Å². The van der Waals surface area contributed by atoms with E-state index in [4.69, 9.17) is 9.47 Å². The van der Waals surface area contributed by atoms with Gasteiger partial charge in [0.25, 0.3) is 0 Å². The molecule has 5 heteroatoms. The van der Waals surface area contributed by atoms with Crippen molar-refractivity contribution in [2.45, 2.75) is 302 Å². The van der Waals surface area contributed by atoms with E-state index in [1.807, 2.05) is 0 Å². The van der Waals surface area contributed by atoms with Gasteiger partial charge >= 0.3 is 11.9 Å². The maximum Gasteiger partial charge on any atom is 0.306 e. The first kappa shape index (κ1) is 79.3. The Morgan fingerprint density at radius 2 is 0.476 bits per heavy atom. The summed E-state index contributed by atoms with van der Waals surface area (Å²) in [5, 5.41) is 9.70. The van der Waals surface area contributed by atoms with Gasteiger partial charge in [-0.25, -0.2) is 0 Å². The molecule has 1 atom stereocenters. The number of hydrogen-bond acceptors (Lipinski definition) is 5. The third kappa shape index (κ3) is 69.8. The van der Waals surface area contributed by atoms with Gasteiger partial charge in [-0.2, -0.15) is 0 Å². The molecule has 0 aromatic rings. The lowest BCUT2D eigenvalue weighted by Crippen LogP contribution is -2.28. The molecule has 0 aliphatic rings. The third-order valence-electron chi connectivity index (χ3n) is 14.5. The van der Waals surface area contributed by atoms with Crippen LogP contribution in [0.25, 0.3) is 0 Å². The highest BCUT2D eigenvalue weighted by atomic mass is 16.6. The minimum atomic E-state index is -0.798. The van der Waals surface area contributed by atoms with Crippen LogP contribution >= 0.6 is 0 Å². The Balaban J connectivity index is 3.56. The summed E-state index contributed by atoms with van der Waals surface area (Å²) in [5.74, 6) is -0.621. The Morgan fingerprint density at radius 3 is 0.714 bits per heavy atom. The van der Waals surface area contributed by atoms with Crippen molar-refractivity contribution in [1.82, 2.24) is 0 Å². The van der Waals surface area contributed by atoms with Gasteiger partial charge in [-0.05, 0) is 128 Å². The average Bonchev–Trinajstić information content (AvgIpc) is 3.51. The second-order valence-electron chi connectivity index (χ2n) is 22.5. The van der Waals surface area contributed by atoms with Crippen molar-refractivity contribution in [2.75, 3.05) is 13.2 Å². The summed E-state index contributed by atoms with van der Waals surface area (Å²) in [5.41, 5.74) is 0. The normalized spacial score (nSPS) is 13.3.